The van der Waals surface area contributed by atoms with Crippen molar-refractivity contribution in [1.29, 1.82) is 0 Å². The molecule has 0 radical (unpaired) electrons. The normalized spacial score (nSPS) is 22.9. The molecular weight excluding hydrogens is 242 g/mol. The van der Waals surface area contributed by atoms with Crippen LogP contribution in [-0.4, -0.2) is 30.9 Å². The van der Waals surface area contributed by atoms with E-state index in [-0.39, 0.29) is 18.4 Å². The van der Waals surface area contributed by atoms with Crippen molar-refractivity contribution in [3.8, 4) is 0 Å². The van der Waals surface area contributed by atoms with E-state index >= 15 is 0 Å². The highest BCUT2D eigenvalue weighted by Gasteiger charge is 2.39. The number of anilines is 2. The molecule has 1 fully saturated rings. The molecule has 1 atom stereocenters. The maximum atomic E-state index is 11.9. The Morgan fingerprint density at radius 2 is 2.18 bits per heavy atom. The van der Waals surface area contributed by atoms with Crippen molar-refractivity contribution in [3.05, 3.63) is 23.2 Å². The first kappa shape index (κ1) is 10.6. The van der Waals surface area contributed by atoms with Crippen molar-refractivity contribution in [1.82, 2.24) is 5.32 Å². The number of halogens is 1. The summed E-state index contributed by atoms with van der Waals surface area (Å²) in [5, 5.41) is 6.11. The number of carbonyl (C=O) groups excluding carboxylic acids is 2. The van der Waals surface area contributed by atoms with Crippen LogP contribution in [0.15, 0.2) is 18.2 Å². The number of nitrogens with one attached hydrogen (secondary N) is 2. The maximum Gasteiger partial charge on any atom is 0.248 e. The van der Waals surface area contributed by atoms with Crippen LogP contribution in [-0.2, 0) is 9.59 Å². The number of nitrogens with zero attached hydrogens (tertiary/aromatic N) is 1. The van der Waals surface area contributed by atoms with E-state index in [9.17, 15) is 9.59 Å². The first-order valence-corrected chi connectivity index (χ1v) is 5.68. The first-order chi connectivity index (χ1) is 8.18. The largest absolute Gasteiger partial charge is 0.321 e. The van der Waals surface area contributed by atoms with Gasteiger partial charge in [-0.1, -0.05) is 17.7 Å². The van der Waals surface area contributed by atoms with Crippen LogP contribution in [0.3, 0.4) is 0 Å². The van der Waals surface area contributed by atoms with E-state index in [1.54, 1.807) is 18.2 Å². The lowest BCUT2D eigenvalue weighted by atomic mass is 10.1. The van der Waals surface area contributed by atoms with Gasteiger partial charge in [0.15, 0.2) is 0 Å². The average Bonchev–Trinajstić information content (AvgIpc) is 2.31. The molecule has 1 aromatic rings. The van der Waals surface area contributed by atoms with Gasteiger partial charge in [-0.15, -0.1) is 0 Å². The third-order valence-electron chi connectivity index (χ3n) is 3.00. The lowest BCUT2D eigenvalue weighted by Crippen LogP contribution is -2.61. The Bertz CT molecular complexity index is 517. The Hall–Kier alpha value is -1.59. The third kappa shape index (κ3) is 1.50. The van der Waals surface area contributed by atoms with Crippen molar-refractivity contribution in [2.24, 2.45) is 0 Å². The van der Waals surface area contributed by atoms with Gasteiger partial charge in [0.2, 0.25) is 11.8 Å². The molecule has 0 aliphatic carbocycles. The summed E-state index contributed by atoms with van der Waals surface area (Å²) in [6.07, 6.45) is 0. The number of para-hydroxylation sites is 1. The van der Waals surface area contributed by atoms with Crippen LogP contribution in [0.4, 0.5) is 11.4 Å². The highest BCUT2D eigenvalue weighted by molar-refractivity contribution is 6.35. The predicted molar refractivity (Wildman–Crippen MR) is 64.2 cm³/mol. The van der Waals surface area contributed by atoms with Crippen molar-refractivity contribution in [2.75, 3.05) is 23.3 Å². The molecule has 1 saturated heterocycles. The van der Waals surface area contributed by atoms with Crippen LogP contribution >= 0.6 is 11.6 Å². The number of fused-ring (bicyclic) bond motifs is 3. The van der Waals surface area contributed by atoms with Gasteiger partial charge in [-0.05, 0) is 12.1 Å². The standard InChI is InChI=1S/C11H10ClN3O2/c12-6-2-1-3-7-10(6)14-11(17)8-4-13-5-9(16)15(7)8/h1-3,8,13H,4-5H2,(H,14,17). The zero-order valence-electron chi connectivity index (χ0n) is 8.87. The van der Waals surface area contributed by atoms with E-state index in [2.05, 4.69) is 10.6 Å². The van der Waals surface area contributed by atoms with Crippen LogP contribution in [0.1, 0.15) is 0 Å². The summed E-state index contributed by atoms with van der Waals surface area (Å²) < 4.78 is 0. The summed E-state index contributed by atoms with van der Waals surface area (Å²) in [4.78, 5) is 25.3. The second-order valence-corrected chi connectivity index (χ2v) is 4.44. The second-order valence-electron chi connectivity index (χ2n) is 4.03. The van der Waals surface area contributed by atoms with E-state index in [4.69, 9.17) is 11.6 Å². The molecule has 1 unspecified atom stereocenters. The van der Waals surface area contributed by atoms with Gasteiger partial charge in [-0.2, -0.15) is 0 Å². The molecule has 5 nitrogen and oxygen atoms in total. The predicted octanol–water partition coefficient (Wildman–Crippen LogP) is 0.597. The molecule has 88 valence electrons. The van der Waals surface area contributed by atoms with E-state index in [0.717, 1.165) is 0 Å². The number of benzene rings is 1. The van der Waals surface area contributed by atoms with Crippen LogP contribution in [0, 0.1) is 0 Å². The quantitative estimate of drug-likeness (QED) is 0.710. The number of hydrogen-bond acceptors (Lipinski definition) is 3. The fourth-order valence-corrected chi connectivity index (χ4v) is 2.44. The highest BCUT2D eigenvalue weighted by Crippen LogP contribution is 2.37. The number of hydrogen-bond donors (Lipinski definition) is 2. The van der Waals surface area contributed by atoms with Crippen LogP contribution in [0.5, 0.6) is 0 Å². The molecule has 1 aromatic carbocycles. The molecular formula is C11H10ClN3O2. The lowest BCUT2D eigenvalue weighted by Gasteiger charge is -2.39. The molecule has 6 heteroatoms. The molecule has 0 aromatic heterocycles. The fraction of sp³-hybridized carbons (Fsp3) is 0.273. The second kappa shape index (κ2) is 3.72. The van der Waals surface area contributed by atoms with Gasteiger partial charge in [0.1, 0.15) is 6.04 Å². The van der Waals surface area contributed by atoms with Gasteiger partial charge in [0, 0.05) is 6.54 Å². The topological polar surface area (TPSA) is 61.4 Å². The van der Waals surface area contributed by atoms with Gasteiger partial charge < -0.3 is 10.6 Å². The maximum absolute atomic E-state index is 11.9. The van der Waals surface area contributed by atoms with E-state index in [1.165, 1.54) is 4.90 Å². The summed E-state index contributed by atoms with van der Waals surface area (Å²) in [7, 11) is 0. The Kier molecular flexibility index (Phi) is 2.31. The van der Waals surface area contributed by atoms with Gasteiger partial charge in [0.25, 0.3) is 0 Å². The summed E-state index contributed by atoms with van der Waals surface area (Å²) in [5.74, 6) is -0.314. The van der Waals surface area contributed by atoms with Crippen molar-refractivity contribution in [2.45, 2.75) is 6.04 Å². The minimum Gasteiger partial charge on any atom is -0.321 e. The molecule has 0 bridgehead atoms. The number of carbonyl (C=O) groups is 2. The summed E-state index contributed by atoms with van der Waals surface area (Å²) in [6, 6.07) is 4.76. The van der Waals surface area contributed by atoms with E-state index in [1.807, 2.05) is 0 Å². The smallest absolute Gasteiger partial charge is 0.248 e. The molecule has 2 amide bonds. The Balaban J connectivity index is 2.16. The Labute approximate surface area is 103 Å². The average molecular weight is 252 g/mol. The van der Waals surface area contributed by atoms with Gasteiger partial charge in [-0.3, -0.25) is 14.5 Å². The van der Waals surface area contributed by atoms with Crippen molar-refractivity contribution >= 4 is 34.8 Å². The van der Waals surface area contributed by atoms with Gasteiger partial charge in [-0.25, -0.2) is 0 Å². The molecule has 2 heterocycles. The molecule has 0 spiro atoms. The van der Waals surface area contributed by atoms with Crippen molar-refractivity contribution < 1.29 is 9.59 Å². The summed E-state index contributed by atoms with van der Waals surface area (Å²) >= 11 is 6.02. The molecule has 2 aliphatic rings. The van der Waals surface area contributed by atoms with Crippen molar-refractivity contribution in [3.63, 3.8) is 0 Å². The first-order valence-electron chi connectivity index (χ1n) is 5.30. The molecule has 3 rings (SSSR count). The SMILES string of the molecule is O=C1Nc2c(Cl)cccc2N2C(=O)CNCC12. The van der Waals surface area contributed by atoms with E-state index < -0.39 is 6.04 Å². The van der Waals surface area contributed by atoms with Gasteiger partial charge >= 0.3 is 0 Å². The zero-order chi connectivity index (χ0) is 12.0. The van der Waals surface area contributed by atoms with Crippen LogP contribution < -0.4 is 15.5 Å². The molecule has 17 heavy (non-hydrogen) atoms. The molecule has 0 saturated carbocycles. The number of rotatable bonds is 0. The molecule has 2 N–H and O–H groups in total. The number of piperazine rings is 1. The monoisotopic (exact) mass is 251 g/mol. The highest BCUT2D eigenvalue weighted by atomic mass is 35.5. The molecule has 2 aliphatic heterocycles. The lowest BCUT2D eigenvalue weighted by molar-refractivity contribution is -0.124. The Morgan fingerprint density at radius 3 is 3.00 bits per heavy atom. The summed E-state index contributed by atoms with van der Waals surface area (Å²) in [6.45, 7) is 0.708. The van der Waals surface area contributed by atoms with Crippen LogP contribution in [0.25, 0.3) is 0 Å². The van der Waals surface area contributed by atoms with Crippen LogP contribution in [0.2, 0.25) is 5.02 Å². The van der Waals surface area contributed by atoms with E-state index in [0.29, 0.717) is 22.9 Å². The zero-order valence-corrected chi connectivity index (χ0v) is 9.62. The van der Waals surface area contributed by atoms with Gasteiger partial charge in [0.05, 0.1) is 22.9 Å². The fourth-order valence-electron chi connectivity index (χ4n) is 2.22. The Morgan fingerprint density at radius 1 is 1.35 bits per heavy atom. The minimum absolute atomic E-state index is 0.111. The minimum atomic E-state index is -0.484. The summed E-state index contributed by atoms with van der Waals surface area (Å²) in [5.41, 5.74) is 1.19. The third-order valence-corrected chi connectivity index (χ3v) is 3.31. The number of amides is 2.